The first-order valence-electron chi connectivity index (χ1n) is 17.3. The monoisotopic (exact) mass is 674 g/mol. The molecule has 2 heterocycles. The summed E-state index contributed by atoms with van der Waals surface area (Å²) < 4.78 is 30.5. The summed E-state index contributed by atoms with van der Waals surface area (Å²) in [6.07, 6.45) is -2.73. The van der Waals surface area contributed by atoms with E-state index >= 15 is 0 Å². The Balaban J connectivity index is 1.30. The van der Waals surface area contributed by atoms with Crippen LogP contribution in [0, 0.1) is 17.8 Å². The van der Waals surface area contributed by atoms with Crippen molar-refractivity contribution >= 4 is 17.5 Å². The van der Waals surface area contributed by atoms with Gasteiger partial charge in [-0.3, -0.25) is 14.4 Å². The fourth-order valence-electron chi connectivity index (χ4n) is 6.99. The van der Waals surface area contributed by atoms with Gasteiger partial charge in [-0.2, -0.15) is 0 Å². The van der Waals surface area contributed by atoms with Gasteiger partial charge in [0.25, 0.3) is 0 Å². The summed E-state index contributed by atoms with van der Waals surface area (Å²) in [7, 11) is 0. The lowest BCUT2D eigenvalue weighted by Crippen LogP contribution is -2.58. The number of rotatable bonds is 12. The maximum Gasteiger partial charge on any atom is 0.312 e. The van der Waals surface area contributed by atoms with Crippen molar-refractivity contribution in [2.75, 3.05) is 0 Å². The van der Waals surface area contributed by atoms with Crippen LogP contribution in [0.15, 0.2) is 29.8 Å². The van der Waals surface area contributed by atoms with E-state index in [-0.39, 0.29) is 47.1 Å². The molecule has 0 aromatic heterocycles. The van der Waals surface area contributed by atoms with Crippen LogP contribution in [-0.2, 0) is 28.5 Å². The number of aliphatic hydroxyl groups excluding tert-OH is 2. The van der Waals surface area contributed by atoms with Crippen LogP contribution in [-0.4, -0.2) is 87.7 Å². The van der Waals surface area contributed by atoms with Crippen LogP contribution in [0.5, 0.6) is 0 Å². The number of ether oxygens (including phenoxy) is 5. The number of esters is 1. The van der Waals surface area contributed by atoms with Gasteiger partial charge < -0.3 is 39.0 Å². The van der Waals surface area contributed by atoms with Gasteiger partial charge >= 0.3 is 5.97 Å². The number of aliphatic hydroxyl groups is 3. The number of ketones is 2. The van der Waals surface area contributed by atoms with Crippen LogP contribution in [0.3, 0.4) is 0 Å². The van der Waals surface area contributed by atoms with Gasteiger partial charge in [0, 0.05) is 35.5 Å². The average Bonchev–Trinajstić information content (AvgIpc) is 3.03. The van der Waals surface area contributed by atoms with Crippen molar-refractivity contribution in [3.8, 4) is 0 Å². The average molecular weight is 675 g/mol. The lowest BCUT2D eigenvalue weighted by atomic mass is 9.86. The summed E-state index contributed by atoms with van der Waals surface area (Å²) >= 11 is 0. The molecule has 0 radical (unpaired) electrons. The van der Waals surface area contributed by atoms with Gasteiger partial charge in [-0.1, -0.05) is 33.8 Å². The summed E-state index contributed by atoms with van der Waals surface area (Å²) in [5.41, 5.74) is -0.118. The molecule has 12 atom stereocenters. The standard InChI is InChI=1S/C37H54O11/c1-10-28(20(5)32(39)18(2)3)46-31-17-37(9,43)35(23(8)45-31)48-30-14-13-29(22(7)44-30)47-36(42)21(6)34(41)24-11-12-25-26(16-24)27(38)15-19(4)33(25)40/h11-12,15-16,18,20-23,28-32,34-35,39,41,43H,10,13-14,17H2,1-9H3. The topological polar surface area (TPSA) is 158 Å². The lowest BCUT2D eigenvalue weighted by molar-refractivity contribution is -0.330. The van der Waals surface area contributed by atoms with E-state index in [1.807, 2.05) is 34.6 Å². The summed E-state index contributed by atoms with van der Waals surface area (Å²) in [5.74, 6) is -2.16. The molecule has 0 saturated carbocycles. The summed E-state index contributed by atoms with van der Waals surface area (Å²) in [5, 5.41) is 33.0. The molecule has 0 amide bonds. The van der Waals surface area contributed by atoms with E-state index < -0.39 is 66.7 Å². The summed E-state index contributed by atoms with van der Waals surface area (Å²) in [6, 6.07) is 4.51. The first-order valence-corrected chi connectivity index (χ1v) is 17.3. The van der Waals surface area contributed by atoms with Crippen LogP contribution in [0.25, 0.3) is 0 Å². The Kier molecular flexibility index (Phi) is 12.4. The third-order valence-electron chi connectivity index (χ3n) is 10.1. The molecule has 12 unspecified atom stereocenters. The molecule has 3 N–H and O–H groups in total. The fourth-order valence-corrected chi connectivity index (χ4v) is 6.99. The predicted molar refractivity (Wildman–Crippen MR) is 176 cm³/mol. The lowest BCUT2D eigenvalue weighted by Gasteiger charge is -2.47. The van der Waals surface area contributed by atoms with Crippen molar-refractivity contribution in [3.05, 3.63) is 46.5 Å². The molecule has 268 valence electrons. The van der Waals surface area contributed by atoms with Gasteiger partial charge in [-0.15, -0.1) is 0 Å². The highest BCUT2D eigenvalue weighted by molar-refractivity contribution is 6.24. The van der Waals surface area contributed by atoms with Crippen LogP contribution >= 0.6 is 0 Å². The zero-order valence-corrected chi connectivity index (χ0v) is 29.7. The minimum Gasteiger partial charge on any atom is -0.459 e. The third kappa shape index (κ3) is 8.43. The zero-order valence-electron chi connectivity index (χ0n) is 29.7. The minimum atomic E-state index is -1.29. The fraction of sp³-hybridized carbons (Fsp3) is 0.703. The normalized spacial score (nSPS) is 32.6. The van der Waals surface area contributed by atoms with E-state index in [0.717, 1.165) is 0 Å². The number of Topliss-reactive ketones (excluding diaryl/α,β-unsaturated/α-hetero) is 1. The summed E-state index contributed by atoms with van der Waals surface area (Å²) in [6.45, 7) is 16.3. The van der Waals surface area contributed by atoms with Crippen LogP contribution < -0.4 is 0 Å². The Morgan fingerprint density at radius 2 is 1.69 bits per heavy atom. The van der Waals surface area contributed by atoms with Crippen molar-refractivity contribution in [1.29, 1.82) is 0 Å². The first kappa shape index (κ1) is 38.3. The van der Waals surface area contributed by atoms with Gasteiger partial charge in [0.1, 0.15) is 12.2 Å². The smallest absolute Gasteiger partial charge is 0.312 e. The van der Waals surface area contributed by atoms with Crippen molar-refractivity contribution in [3.63, 3.8) is 0 Å². The highest BCUT2D eigenvalue weighted by atomic mass is 16.7. The number of carbonyl (C=O) groups excluding carboxylic acids is 3. The Bertz CT molecular complexity index is 1350. The Morgan fingerprint density at radius 3 is 2.29 bits per heavy atom. The molecule has 1 aromatic carbocycles. The first-order chi connectivity index (χ1) is 22.4. The highest BCUT2D eigenvalue weighted by Crippen LogP contribution is 2.37. The number of carbonyl (C=O) groups is 3. The van der Waals surface area contributed by atoms with Gasteiger partial charge in [0.05, 0.1) is 42.0 Å². The SMILES string of the molecule is CCC(OC1CC(C)(O)C(OC2CCC(OC(=O)C(C)C(O)c3ccc4c(c3)C(=O)C=C(C)C4=O)C(C)O2)C(C)O1)C(C)C(O)C(C)C. The number of fused-ring (bicyclic) bond motifs is 1. The van der Waals surface area contributed by atoms with Gasteiger partial charge in [0.2, 0.25) is 0 Å². The van der Waals surface area contributed by atoms with Crippen molar-refractivity contribution in [1.82, 2.24) is 0 Å². The molecule has 11 nitrogen and oxygen atoms in total. The van der Waals surface area contributed by atoms with E-state index in [1.54, 1.807) is 33.8 Å². The molecule has 0 spiro atoms. The Morgan fingerprint density at radius 1 is 1.02 bits per heavy atom. The molecule has 4 rings (SSSR count). The second-order valence-electron chi connectivity index (χ2n) is 14.4. The number of benzene rings is 1. The molecule has 0 bridgehead atoms. The molecular weight excluding hydrogens is 620 g/mol. The Hall–Kier alpha value is -2.51. The van der Waals surface area contributed by atoms with Crippen molar-refractivity contribution in [2.24, 2.45) is 17.8 Å². The molecule has 1 aliphatic carbocycles. The molecule has 2 fully saturated rings. The molecule has 2 aliphatic heterocycles. The third-order valence-corrected chi connectivity index (χ3v) is 10.1. The maximum atomic E-state index is 13.1. The van der Waals surface area contributed by atoms with E-state index in [1.165, 1.54) is 18.2 Å². The van der Waals surface area contributed by atoms with Gasteiger partial charge in [-0.25, -0.2) is 0 Å². The van der Waals surface area contributed by atoms with Crippen LogP contribution in [0.1, 0.15) is 120 Å². The molecule has 11 heteroatoms. The largest absolute Gasteiger partial charge is 0.459 e. The summed E-state index contributed by atoms with van der Waals surface area (Å²) in [4.78, 5) is 38.0. The number of hydrogen-bond donors (Lipinski definition) is 3. The maximum absolute atomic E-state index is 13.1. The van der Waals surface area contributed by atoms with E-state index in [2.05, 4.69) is 0 Å². The van der Waals surface area contributed by atoms with Crippen molar-refractivity contribution in [2.45, 2.75) is 149 Å². The highest BCUT2D eigenvalue weighted by Gasteiger charge is 2.48. The minimum absolute atomic E-state index is 0.0878. The molecular formula is C37H54O11. The zero-order chi connectivity index (χ0) is 35.7. The number of hydrogen-bond acceptors (Lipinski definition) is 11. The molecule has 48 heavy (non-hydrogen) atoms. The molecule has 2 saturated heterocycles. The quantitative estimate of drug-likeness (QED) is 0.261. The van der Waals surface area contributed by atoms with E-state index in [4.69, 9.17) is 23.7 Å². The molecule has 1 aromatic rings. The Labute approximate surface area is 283 Å². The second-order valence-corrected chi connectivity index (χ2v) is 14.4. The van der Waals surface area contributed by atoms with Crippen molar-refractivity contribution < 1.29 is 53.4 Å². The predicted octanol–water partition coefficient (Wildman–Crippen LogP) is 4.84. The van der Waals surface area contributed by atoms with Gasteiger partial charge in [0.15, 0.2) is 24.1 Å². The van der Waals surface area contributed by atoms with Crippen LogP contribution in [0.2, 0.25) is 0 Å². The van der Waals surface area contributed by atoms with Gasteiger partial charge in [-0.05, 0) is 77.2 Å². The van der Waals surface area contributed by atoms with E-state index in [0.29, 0.717) is 30.4 Å². The number of allylic oxidation sites excluding steroid dienone is 2. The second kappa shape index (κ2) is 15.6. The van der Waals surface area contributed by atoms with Crippen LogP contribution in [0.4, 0.5) is 0 Å². The molecule has 3 aliphatic rings. The van der Waals surface area contributed by atoms with E-state index in [9.17, 15) is 29.7 Å².